The molecule has 0 spiro atoms. The first-order valence-electron chi connectivity index (χ1n) is 33.1. The van der Waals surface area contributed by atoms with Gasteiger partial charge in [0, 0.05) is 20.2 Å². The van der Waals surface area contributed by atoms with E-state index in [1.54, 1.807) is 0 Å². The molecule has 1 aromatic rings. The van der Waals surface area contributed by atoms with Crippen LogP contribution in [0, 0.1) is 0 Å². The monoisotopic (exact) mass is 1520 g/mol. The number of aromatic nitrogens is 3. The van der Waals surface area contributed by atoms with E-state index < -0.39 is 323 Å². The number of aliphatic hydroxyl groups is 25. The number of ether oxygens (including phenoxy) is 17. The summed E-state index contributed by atoms with van der Waals surface area (Å²) in [7, 11) is 1.53. The highest BCUT2D eigenvalue weighted by Gasteiger charge is 2.59. The van der Waals surface area contributed by atoms with Gasteiger partial charge in [0.2, 0.25) is 5.91 Å². The predicted octanol–water partition coefficient (Wildman–Crippen LogP) is -18.5. The third-order valence-electron chi connectivity index (χ3n) is 19.2. The van der Waals surface area contributed by atoms with E-state index in [1.165, 1.54) is 17.9 Å². The Labute approximate surface area is 587 Å². The highest BCUT2D eigenvalue weighted by molar-refractivity contribution is 5.73. The van der Waals surface area contributed by atoms with E-state index in [1.807, 2.05) is 0 Å². The molecule has 9 aliphatic heterocycles. The van der Waals surface area contributed by atoms with Gasteiger partial charge in [0.05, 0.1) is 66.0 Å². The summed E-state index contributed by atoms with van der Waals surface area (Å²) in [6, 6.07) is 0. The first-order chi connectivity index (χ1) is 49.3. The number of amides is 1. The molecule has 0 saturated carbocycles. The lowest BCUT2D eigenvalue weighted by Gasteiger charge is -2.50. The Bertz CT molecular complexity index is 2820. The summed E-state index contributed by atoms with van der Waals surface area (Å²) in [5, 5.41) is 283. The predicted molar refractivity (Wildman–Crippen MR) is 314 cm³/mol. The molecule has 9 fully saturated rings. The molecule has 1 aromatic heterocycles. The summed E-state index contributed by atoms with van der Waals surface area (Å²) in [6.07, 6.45) is -83.6. The number of rotatable bonds is 25. The topological polar surface area (TPSA) is 714 Å². The first kappa shape index (κ1) is 83.4. The maximum absolute atomic E-state index is 13.1. The molecule has 16 unspecified atom stereocenters. The highest BCUT2D eigenvalue weighted by atomic mass is 16.8. The summed E-state index contributed by atoms with van der Waals surface area (Å²) < 4.78 is 100. The minimum atomic E-state index is -2.50. The van der Waals surface area contributed by atoms with Gasteiger partial charge in [-0.05, 0) is 0 Å². The summed E-state index contributed by atoms with van der Waals surface area (Å²) in [4.78, 5) is 14.0. The van der Waals surface area contributed by atoms with Crippen molar-refractivity contribution in [2.24, 2.45) is 7.05 Å². The van der Waals surface area contributed by atoms with E-state index in [2.05, 4.69) is 10.3 Å². The van der Waals surface area contributed by atoms with Gasteiger partial charge in [-0.2, -0.15) is 0 Å². The molecule has 10 heterocycles. The van der Waals surface area contributed by atoms with Gasteiger partial charge in [-0.1, -0.05) is 5.21 Å². The maximum atomic E-state index is 13.1. The van der Waals surface area contributed by atoms with E-state index in [-0.39, 0.29) is 12.2 Å². The zero-order chi connectivity index (χ0) is 75.8. The number of hydrogen-bond acceptors (Lipinski definition) is 45. The molecule has 9 saturated heterocycles. The Hall–Kier alpha value is -3.07. The second-order valence-electron chi connectivity index (χ2n) is 26.5. The molecule has 104 heavy (non-hydrogen) atoms. The number of aliphatic hydroxyl groups excluding tert-OH is 25. The number of carbonyl (C=O) groups is 1. The van der Waals surface area contributed by atoms with Crippen LogP contribution in [-0.2, 0) is 98.9 Å². The molecular weight excluding hydrogens is 1430 g/mol. The Kier molecular flexibility index (Phi) is 28.8. The second kappa shape index (κ2) is 36.0. The first-order valence-corrected chi connectivity index (χ1v) is 33.1. The molecule has 600 valence electrons. The fourth-order valence-corrected chi connectivity index (χ4v) is 13.1. The molecule has 10 rings (SSSR count). The lowest BCUT2D eigenvalue weighted by atomic mass is 9.95. The third kappa shape index (κ3) is 17.9. The van der Waals surface area contributed by atoms with Crippen molar-refractivity contribution < 1.29 is 213 Å². The van der Waals surface area contributed by atoms with Crippen molar-refractivity contribution in [1.82, 2.24) is 19.9 Å². The molecule has 0 aromatic carbocycles. The number of nitrogens with zero attached hydrogens (tertiary/aromatic N) is 4. The Morgan fingerprint density at radius 3 is 1.12 bits per heavy atom. The number of aryl methyl sites for hydroxylation is 1. The van der Waals surface area contributed by atoms with Gasteiger partial charge in [0.1, 0.15) is 207 Å². The van der Waals surface area contributed by atoms with Crippen LogP contribution < -0.4 is 0 Å². The normalized spacial score (nSPS) is 49.8. The fourth-order valence-electron chi connectivity index (χ4n) is 13.1. The fraction of sp³-hybridized carbons (Fsp3) is 0.947. The van der Waals surface area contributed by atoms with Crippen LogP contribution in [0.2, 0.25) is 0 Å². The lowest BCUT2D eigenvalue weighted by molar-refractivity contribution is -0.396. The molecule has 0 bridgehead atoms. The van der Waals surface area contributed by atoms with Crippen LogP contribution >= 0.6 is 0 Å². The summed E-state index contributed by atoms with van der Waals surface area (Å²) in [6.45, 7) is -7.23. The third-order valence-corrected chi connectivity index (χ3v) is 19.2. The van der Waals surface area contributed by atoms with Crippen molar-refractivity contribution >= 4 is 5.91 Å². The van der Waals surface area contributed by atoms with E-state index in [9.17, 15) is 132 Å². The van der Waals surface area contributed by atoms with E-state index in [0.29, 0.717) is 0 Å². The van der Waals surface area contributed by atoms with Crippen LogP contribution in [0.3, 0.4) is 0 Å². The Balaban J connectivity index is 0.945. The molecule has 47 nitrogen and oxygen atoms in total. The van der Waals surface area contributed by atoms with Gasteiger partial charge in [-0.3, -0.25) is 9.48 Å². The molecule has 0 radical (unpaired) electrons. The Morgan fingerprint density at radius 2 is 0.712 bits per heavy atom. The summed E-state index contributed by atoms with van der Waals surface area (Å²) in [5.41, 5.74) is 0.194. The number of carbonyl (C=O) groups excluding carboxylic acids is 1. The molecule has 25 N–H and O–H groups in total. The van der Waals surface area contributed by atoms with E-state index >= 15 is 0 Å². The van der Waals surface area contributed by atoms with E-state index in [0.717, 1.165) is 11.8 Å². The van der Waals surface area contributed by atoms with Crippen molar-refractivity contribution in [2.45, 2.75) is 271 Å². The van der Waals surface area contributed by atoms with Crippen molar-refractivity contribution in [3.63, 3.8) is 0 Å². The molecule has 42 atom stereocenters. The SMILES string of the molecule is CC(=O)N(Cc1cn(C)nn1)[C@@H]1O[C@@H](CO)[C@@H](O[C@@H]2OC(CO[C@H]3OC[C@@H](O)[C@H](O)C3O[C@@H]3OC(CO)[C@H](O)[C@H](O)C3O)[C@@H](O[C@@H]3O[C@@H](CO[C@@H]4OC[C@H](O)C(O)C4O[C@@H]4OC(CO)[C@H](O)[C@H](O)C4O)[C@@H](O[C@@H]4OC(CO[C@H]5OC[C@@H](O)[C@H](O)C5O)[C@@H](O)[C@H](O)C4O)C(O)C3O)[C@H](O)C2O)C(O)C1O. The van der Waals surface area contributed by atoms with Gasteiger partial charge >= 0.3 is 0 Å². The summed E-state index contributed by atoms with van der Waals surface area (Å²) in [5.74, 6) is -0.725. The highest BCUT2D eigenvalue weighted by Crippen LogP contribution is 2.38. The van der Waals surface area contributed by atoms with Gasteiger partial charge in [0.25, 0.3) is 0 Å². The maximum Gasteiger partial charge on any atom is 0.221 e. The smallest absolute Gasteiger partial charge is 0.221 e. The zero-order valence-electron chi connectivity index (χ0n) is 55.2. The molecule has 47 heteroatoms. The van der Waals surface area contributed by atoms with Crippen molar-refractivity contribution in [1.29, 1.82) is 0 Å². The minimum Gasteiger partial charge on any atom is -0.394 e. The van der Waals surface area contributed by atoms with E-state index in [4.69, 9.17) is 80.5 Å². The minimum absolute atomic E-state index is 0.194. The summed E-state index contributed by atoms with van der Waals surface area (Å²) >= 11 is 0. The molecular formula is C57H94N4O43. The average Bonchev–Trinajstić information content (AvgIpc) is 0.783. The lowest BCUT2D eigenvalue weighted by Crippen LogP contribution is -2.68. The quantitative estimate of drug-likeness (QED) is 0.0432. The molecule has 1 amide bonds. The zero-order valence-corrected chi connectivity index (χ0v) is 55.2. The van der Waals surface area contributed by atoms with Crippen molar-refractivity contribution in [2.75, 3.05) is 59.5 Å². The van der Waals surface area contributed by atoms with Gasteiger partial charge in [-0.15, -0.1) is 5.10 Å². The van der Waals surface area contributed by atoms with Crippen molar-refractivity contribution in [3.05, 3.63) is 11.9 Å². The Morgan fingerprint density at radius 1 is 0.385 bits per heavy atom. The van der Waals surface area contributed by atoms with Crippen LogP contribution in [0.1, 0.15) is 12.6 Å². The number of hydrogen-bond donors (Lipinski definition) is 25. The average molecular weight is 1520 g/mol. The molecule has 0 aliphatic carbocycles. The largest absolute Gasteiger partial charge is 0.394 e. The van der Waals surface area contributed by atoms with Crippen LogP contribution in [-0.4, -0.2) is 471 Å². The van der Waals surface area contributed by atoms with Gasteiger partial charge in [0.15, 0.2) is 56.5 Å². The standard InChI is InChI=1S/C57H94N4O43/c1-14(65)61(4-15-3-60(2)59-58-15)49-37(81)34(78)44(21(7-64)94-49)100-54-42(86)35(79)46(24(98-54)13-93-57-48(27(71)18(68)10-90-57)104-52-40(84)32(76)29(73)20(6-63)96-52)102-55-43(87)36(80)45(101-53-41(85)33(77)30(74)22(97-53)11-91-50-38(82)25(69)16(66)8-88-50)23(99-55)12-92-56-47(26(70)17(67)9-89-56)103-51-39(83)31(75)28(72)19(5-62)95-51/h3,16-57,62-64,66-87H,4-13H2,1-2H3/t16-,17+,18-,19?,20?,21+,22?,23+,24?,25+,26?,27+,28+,29+,30-,31+,32+,33+,34?,35-,36?,37?,38?,39?,40?,41?,42?,43?,44-,45-,46-,47?,48?,49-,50-,51+,52+,53+,54+,55+,56+,57-/m1/s1. The van der Waals surface area contributed by atoms with Gasteiger partial charge < -0.3 is 213 Å². The van der Waals surface area contributed by atoms with Crippen LogP contribution in [0.15, 0.2) is 6.20 Å². The second-order valence-corrected chi connectivity index (χ2v) is 26.5. The van der Waals surface area contributed by atoms with Crippen LogP contribution in [0.25, 0.3) is 0 Å². The molecule has 9 aliphatic rings. The van der Waals surface area contributed by atoms with Gasteiger partial charge in [-0.25, -0.2) is 0 Å². The van der Waals surface area contributed by atoms with Crippen LogP contribution in [0.4, 0.5) is 0 Å². The van der Waals surface area contributed by atoms with Crippen molar-refractivity contribution in [3.8, 4) is 0 Å². The van der Waals surface area contributed by atoms with Crippen LogP contribution in [0.5, 0.6) is 0 Å².